The average Bonchev–Trinajstić information content (AvgIpc) is 2.40. The van der Waals surface area contributed by atoms with Crippen LogP contribution in [0.1, 0.15) is 34.6 Å². The summed E-state index contributed by atoms with van der Waals surface area (Å²) in [6.07, 6.45) is 0.0753. The second-order valence-corrected chi connectivity index (χ2v) is 5.50. The van der Waals surface area contributed by atoms with Crippen LogP contribution in [0.25, 0.3) is 0 Å². The maximum absolute atomic E-state index is 11.2. The first-order valence-corrected chi connectivity index (χ1v) is 6.89. The zero-order valence-corrected chi connectivity index (χ0v) is 12.3. The Hall–Kier alpha value is -1.80. The second kappa shape index (κ2) is 6.10. The van der Waals surface area contributed by atoms with E-state index in [1.54, 1.807) is 12.1 Å². The van der Waals surface area contributed by atoms with Crippen molar-refractivity contribution in [2.75, 3.05) is 0 Å². The van der Waals surface area contributed by atoms with Crippen LogP contribution in [0, 0.1) is 13.8 Å². The monoisotopic (exact) mass is 288 g/mol. The number of rotatable bonds is 4. The number of carboxylic acids is 1. The fourth-order valence-corrected chi connectivity index (χ4v) is 2.54. The fraction of sp³-hybridized carbons (Fsp3) is 0.235. The Bertz CT molecular complexity index is 617. The highest BCUT2D eigenvalue weighted by Crippen LogP contribution is 2.31. The maximum Gasteiger partial charge on any atom is 0.304 e. The van der Waals surface area contributed by atoms with Gasteiger partial charge in [0.15, 0.2) is 0 Å². The zero-order chi connectivity index (χ0) is 14.7. The quantitative estimate of drug-likeness (QED) is 0.895. The molecule has 0 saturated heterocycles. The molecule has 2 nitrogen and oxygen atoms in total. The molecule has 1 unspecified atom stereocenters. The molecular weight excluding hydrogens is 272 g/mol. The highest BCUT2D eigenvalue weighted by Gasteiger charge is 2.19. The first kappa shape index (κ1) is 14.6. The van der Waals surface area contributed by atoms with Gasteiger partial charge in [-0.3, -0.25) is 4.79 Å². The molecule has 0 radical (unpaired) electrons. The first-order valence-electron chi connectivity index (χ1n) is 6.52. The van der Waals surface area contributed by atoms with Crippen molar-refractivity contribution in [1.29, 1.82) is 0 Å². The first-order chi connectivity index (χ1) is 9.47. The predicted octanol–water partition coefficient (Wildman–Crippen LogP) is 4.56. The molecule has 0 saturated carbocycles. The summed E-state index contributed by atoms with van der Waals surface area (Å²) in [7, 11) is 0. The van der Waals surface area contributed by atoms with Crippen LogP contribution >= 0.6 is 11.6 Å². The minimum Gasteiger partial charge on any atom is -0.481 e. The third-order valence-electron chi connectivity index (χ3n) is 3.46. The predicted molar refractivity (Wildman–Crippen MR) is 81.5 cm³/mol. The van der Waals surface area contributed by atoms with Gasteiger partial charge >= 0.3 is 5.97 Å². The molecule has 3 heteroatoms. The highest BCUT2D eigenvalue weighted by atomic mass is 35.5. The van der Waals surface area contributed by atoms with E-state index in [0.717, 1.165) is 22.3 Å². The van der Waals surface area contributed by atoms with Gasteiger partial charge in [0.05, 0.1) is 6.42 Å². The van der Waals surface area contributed by atoms with Gasteiger partial charge in [0, 0.05) is 10.9 Å². The SMILES string of the molecule is Cc1ccc(C)c(C(CC(=O)O)c2ccc(Cl)cc2)c1. The summed E-state index contributed by atoms with van der Waals surface area (Å²) >= 11 is 5.91. The Morgan fingerprint density at radius 3 is 2.40 bits per heavy atom. The molecular formula is C17H17ClO2. The van der Waals surface area contributed by atoms with Gasteiger partial charge < -0.3 is 5.11 Å². The van der Waals surface area contributed by atoms with Gasteiger partial charge in [0.1, 0.15) is 0 Å². The minimum atomic E-state index is -0.800. The number of halogens is 1. The molecule has 0 bridgehead atoms. The van der Waals surface area contributed by atoms with E-state index in [-0.39, 0.29) is 12.3 Å². The van der Waals surface area contributed by atoms with E-state index in [4.69, 9.17) is 11.6 Å². The molecule has 2 aromatic rings. The summed E-state index contributed by atoms with van der Waals surface area (Å²) in [6, 6.07) is 13.6. The molecule has 2 rings (SSSR count). The van der Waals surface area contributed by atoms with Gasteiger partial charge in [-0.25, -0.2) is 0 Å². The van der Waals surface area contributed by atoms with Gasteiger partial charge in [-0.1, -0.05) is 47.5 Å². The molecule has 0 heterocycles. The van der Waals surface area contributed by atoms with Gasteiger partial charge in [-0.2, -0.15) is 0 Å². The topological polar surface area (TPSA) is 37.3 Å². The van der Waals surface area contributed by atoms with E-state index >= 15 is 0 Å². The van der Waals surface area contributed by atoms with Crippen LogP contribution in [-0.2, 0) is 4.79 Å². The molecule has 1 N–H and O–H groups in total. The van der Waals surface area contributed by atoms with Crippen molar-refractivity contribution < 1.29 is 9.90 Å². The average molecular weight is 289 g/mol. The molecule has 0 aliphatic rings. The lowest BCUT2D eigenvalue weighted by Gasteiger charge is -2.19. The van der Waals surface area contributed by atoms with Crippen LogP contribution in [0.5, 0.6) is 0 Å². The van der Waals surface area contributed by atoms with Crippen molar-refractivity contribution >= 4 is 17.6 Å². The zero-order valence-electron chi connectivity index (χ0n) is 11.6. The van der Waals surface area contributed by atoms with Crippen molar-refractivity contribution in [1.82, 2.24) is 0 Å². The smallest absolute Gasteiger partial charge is 0.304 e. The summed E-state index contributed by atoms with van der Waals surface area (Å²) in [6.45, 7) is 4.03. The molecule has 2 aromatic carbocycles. The normalized spacial score (nSPS) is 12.2. The largest absolute Gasteiger partial charge is 0.481 e. The minimum absolute atomic E-state index is 0.0753. The van der Waals surface area contributed by atoms with Crippen LogP contribution < -0.4 is 0 Å². The summed E-state index contributed by atoms with van der Waals surface area (Å²) < 4.78 is 0. The molecule has 104 valence electrons. The Kier molecular flexibility index (Phi) is 4.46. The lowest BCUT2D eigenvalue weighted by molar-refractivity contribution is -0.137. The number of aliphatic carboxylic acids is 1. The summed E-state index contributed by atoms with van der Waals surface area (Å²) in [5.74, 6) is -0.949. The number of carboxylic acid groups (broad SMARTS) is 1. The number of carbonyl (C=O) groups is 1. The van der Waals surface area contributed by atoms with E-state index in [2.05, 4.69) is 6.07 Å². The van der Waals surface area contributed by atoms with E-state index < -0.39 is 5.97 Å². The van der Waals surface area contributed by atoms with Crippen molar-refractivity contribution in [2.45, 2.75) is 26.2 Å². The third-order valence-corrected chi connectivity index (χ3v) is 3.71. The molecule has 1 atom stereocenters. The van der Waals surface area contributed by atoms with Gasteiger partial charge in [-0.15, -0.1) is 0 Å². The lowest BCUT2D eigenvalue weighted by Crippen LogP contribution is -2.09. The number of benzene rings is 2. The number of hydrogen-bond donors (Lipinski definition) is 1. The van der Waals surface area contributed by atoms with Gasteiger partial charge in [-0.05, 0) is 42.7 Å². The summed E-state index contributed by atoms with van der Waals surface area (Å²) in [5, 5.41) is 9.85. The van der Waals surface area contributed by atoms with E-state index in [9.17, 15) is 9.90 Å². The maximum atomic E-state index is 11.2. The van der Waals surface area contributed by atoms with Crippen molar-refractivity contribution in [2.24, 2.45) is 0 Å². The Labute approximate surface area is 124 Å². The van der Waals surface area contributed by atoms with Crippen LogP contribution in [0.3, 0.4) is 0 Å². The molecule has 20 heavy (non-hydrogen) atoms. The molecule has 0 aromatic heterocycles. The van der Waals surface area contributed by atoms with Crippen molar-refractivity contribution in [3.63, 3.8) is 0 Å². The Morgan fingerprint density at radius 1 is 1.15 bits per heavy atom. The highest BCUT2D eigenvalue weighted by molar-refractivity contribution is 6.30. The molecule has 0 aliphatic carbocycles. The summed E-state index contributed by atoms with van der Waals surface area (Å²) in [5.41, 5.74) is 4.28. The molecule has 0 spiro atoms. The van der Waals surface area contributed by atoms with E-state index in [1.807, 2.05) is 38.1 Å². The molecule has 0 aliphatic heterocycles. The summed E-state index contributed by atoms with van der Waals surface area (Å²) in [4.78, 5) is 11.2. The molecule has 0 fully saturated rings. The van der Waals surface area contributed by atoms with Crippen LogP contribution in [0.15, 0.2) is 42.5 Å². The van der Waals surface area contributed by atoms with E-state index in [1.165, 1.54) is 0 Å². The lowest BCUT2D eigenvalue weighted by atomic mass is 9.85. The third kappa shape index (κ3) is 3.40. The Balaban J connectivity index is 2.49. The molecule has 0 amide bonds. The van der Waals surface area contributed by atoms with Crippen molar-refractivity contribution in [3.8, 4) is 0 Å². The van der Waals surface area contributed by atoms with Crippen LogP contribution in [0.2, 0.25) is 5.02 Å². The van der Waals surface area contributed by atoms with Gasteiger partial charge in [0.25, 0.3) is 0 Å². The van der Waals surface area contributed by atoms with E-state index in [0.29, 0.717) is 5.02 Å². The van der Waals surface area contributed by atoms with Gasteiger partial charge in [0.2, 0.25) is 0 Å². The second-order valence-electron chi connectivity index (χ2n) is 5.06. The number of hydrogen-bond acceptors (Lipinski definition) is 1. The Morgan fingerprint density at radius 2 is 1.80 bits per heavy atom. The number of aryl methyl sites for hydroxylation is 2. The fourth-order valence-electron chi connectivity index (χ4n) is 2.41. The van der Waals surface area contributed by atoms with Crippen molar-refractivity contribution in [3.05, 3.63) is 69.7 Å². The van der Waals surface area contributed by atoms with Crippen LogP contribution in [-0.4, -0.2) is 11.1 Å². The van der Waals surface area contributed by atoms with Crippen LogP contribution in [0.4, 0.5) is 0 Å². The standard InChI is InChI=1S/C17H17ClO2/c1-11-3-4-12(2)15(9-11)16(10-17(19)20)13-5-7-14(18)8-6-13/h3-9,16H,10H2,1-2H3,(H,19,20).